The summed E-state index contributed by atoms with van der Waals surface area (Å²) in [5.74, 6) is -0.525. The second kappa shape index (κ2) is 3.74. The number of primary amides is 1. The normalized spacial score (nSPS) is 10.2. The molecule has 0 aliphatic carbocycles. The summed E-state index contributed by atoms with van der Waals surface area (Å²) in [6.45, 7) is 0. The predicted molar refractivity (Wildman–Crippen MR) is 57.1 cm³/mol. The van der Waals surface area contributed by atoms with Crippen LogP contribution in [0.25, 0.3) is 5.69 Å². The average Bonchev–Trinajstić information content (AvgIpc) is 2.70. The van der Waals surface area contributed by atoms with Crippen LogP contribution in [0.2, 0.25) is 5.02 Å². The molecule has 0 saturated carbocycles. The lowest BCUT2D eigenvalue weighted by Crippen LogP contribution is -2.14. The van der Waals surface area contributed by atoms with Gasteiger partial charge < -0.3 is 5.73 Å². The SMILES string of the molecule is NC(=O)c1cc(Cl)ccc1-n1cccn1. The van der Waals surface area contributed by atoms with Crippen molar-refractivity contribution >= 4 is 17.5 Å². The summed E-state index contributed by atoms with van der Waals surface area (Å²) in [4.78, 5) is 11.2. The second-order valence-corrected chi connectivity index (χ2v) is 3.41. The molecule has 1 heterocycles. The number of nitrogens with zero attached hydrogens (tertiary/aromatic N) is 2. The van der Waals surface area contributed by atoms with E-state index in [0.717, 1.165) is 0 Å². The molecular weight excluding hydrogens is 214 g/mol. The molecule has 2 aromatic rings. The number of benzene rings is 1. The quantitative estimate of drug-likeness (QED) is 0.838. The lowest BCUT2D eigenvalue weighted by atomic mass is 10.1. The van der Waals surface area contributed by atoms with Gasteiger partial charge in [-0.2, -0.15) is 5.10 Å². The number of rotatable bonds is 2. The van der Waals surface area contributed by atoms with Gasteiger partial charge in [0.2, 0.25) is 0 Å². The molecule has 0 unspecified atom stereocenters. The van der Waals surface area contributed by atoms with Crippen molar-refractivity contribution < 1.29 is 4.79 Å². The van der Waals surface area contributed by atoms with E-state index in [4.69, 9.17) is 17.3 Å². The molecule has 76 valence electrons. The van der Waals surface area contributed by atoms with Gasteiger partial charge in [-0.1, -0.05) is 11.6 Å². The van der Waals surface area contributed by atoms with Crippen molar-refractivity contribution in [2.24, 2.45) is 5.73 Å². The highest BCUT2D eigenvalue weighted by atomic mass is 35.5. The van der Waals surface area contributed by atoms with E-state index < -0.39 is 5.91 Å². The first-order valence-corrected chi connectivity index (χ1v) is 4.65. The summed E-state index contributed by atoms with van der Waals surface area (Å²) < 4.78 is 1.57. The maximum atomic E-state index is 11.2. The van der Waals surface area contributed by atoms with Crippen molar-refractivity contribution in [2.45, 2.75) is 0 Å². The maximum Gasteiger partial charge on any atom is 0.250 e. The molecular formula is C10H8ClN3O. The van der Waals surface area contributed by atoms with E-state index in [-0.39, 0.29) is 0 Å². The number of amides is 1. The van der Waals surface area contributed by atoms with Crippen molar-refractivity contribution in [3.63, 3.8) is 0 Å². The second-order valence-electron chi connectivity index (χ2n) is 2.98. The molecule has 5 heteroatoms. The van der Waals surface area contributed by atoms with Crippen LogP contribution < -0.4 is 5.73 Å². The summed E-state index contributed by atoms with van der Waals surface area (Å²) in [5.41, 5.74) is 6.23. The summed E-state index contributed by atoms with van der Waals surface area (Å²) in [7, 11) is 0. The Balaban J connectivity index is 2.61. The van der Waals surface area contributed by atoms with Gasteiger partial charge in [-0.15, -0.1) is 0 Å². The van der Waals surface area contributed by atoms with Gasteiger partial charge in [-0.05, 0) is 24.3 Å². The lowest BCUT2D eigenvalue weighted by molar-refractivity contribution is 0.1000. The zero-order chi connectivity index (χ0) is 10.8. The Kier molecular flexibility index (Phi) is 2.43. The maximum absolute atomic E-state index is 11.2. The lowest BCUT2D eigenvalue weighted by Gasteiger charge is -2.06. The van der Waals surface area contributed by atoms with Crippen LogP contribution in [0.4, 0.5) is 0 Å². The molecule has 1 amide bonds. The Morgan fingerprint density at radius 2 is 2.27 bits per heavy atom. The third-order valence-electron chi connectivity index (χ3n) is 1.98. The summed E-state index contributed by atoms with van der Waals surface area (Å²) in [5, 5.41) is 4.50. The van der Waals surface area contributed by atoms with Crippen LogP contribution in [-0.4, -0.2) is 15.7 Å². The molecule has 0 bridgehead atoms. The molecule has 15 heavy (non-hydrogen) atoms. The molecule has 1 aromatic heterocycles. The molecule has 0 radical (unpaired) electrons. The first kappa shape index (κ1) is 9.73. The fraction of sp³-hybridized carbons (Fsp3) is 0. The monoisotopic (exact) mass is 221 g/mol. The number of hydrogen-bond donors (Lipinski definition) is 1. The molecule has 2 rings (SSSR count). The Morgan fingerprint density at radius 3 is 2.87 bits per heavy atom. The number of carbonyl (C=O) groups is 1. The van der Waals surface area contributed by atoms with E-state index in [2.05, 4.69) is 5.10 Å². The highest BCUT2D eigenvalue weighted by Crippen LogP contribution is 2.18. The van der Waals surface area contributed by atoms with Gasteiger partial charge in [0.1, 0.15) is 0 Å². The Labute approximate surface area is 91.3 Å². The fourth-order valence-corrected chi connectivity index (χ4v) is 1.49. The van der Waals surface area contributed by atoms with Crippen molar-refractivity contribution in [1.82, 2.24) is 9.78 Å². The smallest absolute Gasteiger partial charge is 0.250 e. The van der Waals surface area contributed by atoms with Crippen LogP contribution in [0.3, 0.4) is 0 Å². The third kappa shape index (κ3) is 1.85. The standard InChI is InChI=1S/C10H8ClN3O/c11-7-2-3-9(8(6-7)10(12)15)14-5-1-4-13-14/h1-6H,(H2,12,15). The Bertz CT molecular complexity index is 493. The molecule has 0 fully saturated rings. The van der Waals surface area contributed by atoms with Crippen molar-refractivity contribution in [2.75, 3.05) is 0 Å². The van der Waals surface area contributed by atoms with Crippen molar-refractivity contribution in [3.05, 3.63) is 47.2 Å². The average molecular weight is 222 g/mol. The Morgan fingerprint density at radius 1 is 1.47 bits per heavy atom. The number of nitrogens with two attached hydrogens (primary N) is 1. The van der Waals surface area contributed by atoms with E-state index in [1.165, 1.54) is 6.07 Å². The van der Waals surface area contributed by atoms with E-state index in [1.54, 1.807) is 35.3 Å². The highest BCUT2D eigenvalue weighted by Gasteiger charge is 2.10. The predicted octanol–water partition coefficient (Wildman–Crippen LogP) is 1.62. The van der Waals surface area contributed by atoms with Crippen LogP contribution in [0, 0.1) is 0 Å². The summed E-state index contributed by atoms with van der Waals surface area (Å²) in [6, 6.07) is 6.68. The van der Waals surface area contributed by atoms with Crippen LogP contribution in [0.1, 0.15) is 10.4 Å². The van der Waals surface area contributed by atoms with Crippen LogP contribution in [-0.2, 0) is 0 Å². The zero-order valence-electron chi connectivity index (χ0n) is 7.72. The molecule has 0 spiro atoms. The molecule has 4 nitrogen and oxygen atoms in total. The summed E-state index contributed by atoms with van der Waals surface area (Å²) in [6.07, 6.45) is 3.36. The topological polar surface area (TPSA) is 60.9 Å². The minimum Gasteiger partial charge on any atom is -0.366 e. The van der Waals surface area contributed by atoms with Gasteiger partial charge in [0, 0.05) is 17.4 Å². The van der Waals surface area contributed by atoms with E-state index in [0.29, 0.717) is 16.3 Å². The van der Waals surface area contributed by atoms with Crippen molar-refractivity contribution in [3.8, 4) is 5.69 Å². The molecule has 1 aromatic carbocycles. The Hall–Kier alpha value is -1.81. The zero-order valence-corrected chi connectivity index (χ0v) is 8.48. The van der Waals surface area contributed by atoms with Crippen LogP contribution >= 0.6 is 11.6 Å². The first-order chi connectivity index (χ1) is 7.18. The van der Waals surface area contributed by atoms with Gasteiger partial charge >= 0.3 is 0 Å². The van der Waals surface area contributed by atoms with E-state index >= 15 is 0 Å². The number of halogens is 1. The first-order valence-electron chi connectivity index (χ1n) is 4.28. The minimum absolute atomic E-state index is 0.353. The third-order valence-corrected chi connectivity index (χ3v) is 2.21. The highest BCUT2D eigenvalue weighted by molar-refractivity contribution is 6.31. The van der Waals surface area contributed by atoms with Crippen LogP contribution in [0.15, 0.2) is 36.7 Å². The largest absolute Gasteiger partial charge is 0.366 e. The number of hydrogen-bond acceptors (Lipinski definition) is 2. The van der Waals surface area contributed by atoms with Crippen LogP contribution in [0.5, 0.6) is 0 Å². The van der Waals surface area contributed by atoms with Gasteiger partial charge in [-0.25, -0.2) is 4.68 Å². The molecule has 0 aliphatic rings. The fourth-order valence-electron chi connectivity index (χ4n) is 1.32. The number of carbonyl (C=O) groups excluding carboxylic acids is 1. The van der Waals surface area contributed by atoms with Gasteiger partial charge in [-0.3, -0.25) is 4.79 Å². The van der Waals surface area contributed by atoms with Crippen molar-refractivity contribution in [1.29, 1.82) is 0 Å². The number of aromatic nitrogens is 2. The molecule has 0 atom stereocenters. The molecule has 0 saturated heterocycles. The van der Waals surface area contributed by atoms with E-state index in [1.807, 2.05) is 0 Å². The van der Waals surface area contributed by atoms with E-state index in [9.17, 15) is 4.79 Å². The minimum atomic E-state index is -0.525. The molecule has 0 aliphatic heterocycles. The molecule has 2 N–H and O–H groups in total. The summed E-state index contributed by atoms with van der Waals surface area (Å²) >= 11 is 5.78. The van der Waals surface area contributed by atoms with Gasteiger partial charge in [0.15, 0.2) is 0 Å². The van der Waals surface area contributed by atoms with Gasteiger partial charge in [0.05, 0.1) is 11.3 Å². The van der Waals surface area contributed by atoms with Gasteiger partial charge in [0.25, 0.3) is 5.91 Å².